The van der Waals surface area contributed by atoms with E-state index in [1.165, 1.54) is 17.0 Å². The molecule has 0 saturated carbocycles. The molecular weight excluding hydrogens is 415 g/mol. The van der Waals surface area contributed by atoms with Gasteiger partial charge < -0.3 is 15.0 Å². The number of nitrogens with zero attached hydrogens (tertiary/aromatic N) is 1. The molecule has 0 aliphatic heterocycles. The molecule has 1 N–H and O–H groups in total. The molecule has 156 valence electrons. The number of amides is 2. The van der Waals surface area contributed by atoms with Gasteiger partial charge in [-0.05, 0) is 42.7 Å². The van der Waals surface area contributed by atoms with Crippen molar-refractivity contribution >= 4 is 35.2 Å². The van der Waals surface area contributed by atoms with Gasteiger partial charge in [0.1, 0.15) is 17.6 Å². The third-order valence-corrected chi connectivity index (χ3v) is 5.19. The van der Waals surface area contributed by atoms with Gasteiger partial charge in [0, 0.05) is 24.2 Å². The first kappa shape index (κ1) is 23.0. The number of carbonyl (C=O) groups is 2. The van der Waals surface area contributed by atoms with Gasteiger partial charge in [0.05, 0.1) is 0 Å². The second kappa shape index (κ2) is 11.7. The number of likely N-dealkylation sites (N-methyl/N-ethyl adjacent to an activating group) is 1. The second-order valence-electron chi connectivity index (χ2n) is 6.40. The molecule has 8 heteroatoms. The van der Waals surface area contributed by atoms with E-state index in [0.717, 1.165) is 0 Å². The molecule has 1 atom stereocenters. The summed E-state index contributed by atoms with van der Waals surface area (Å²) in [4.78, 5) is 26.5. The predicted molar refractivity (Wildman–Crippen MR) is 115 cm³/mol. The fourth-order valence-electron chi connectivity index (χ4n) is 2.66. The fourth-order valence-corrected chi connectivity index (χ4v) is 3.35. The van der Waals surface area contributed by atoms with Crippen molar-refractivity contribution < 1.29 is 18.7 Å². The molecule has 2 amide bonds. The SMILES string of the molecule is CSCC[C@H](NC(=O)COc1ccccc1)C(=O)N(C)Cc1c(F)cccc1Cl. The van der Waals surface area contributed by atoms with E-state index in [1.807, 2.05) is 12.3 Å². The Kier molecular flexibility index (Phi) is 9.28. The zero-order chi connectivity index (χ0) is 21.2. The van der Waals surface area contributed by atoms with E-state index < -0.39 is 17.8 Å². The highest BCUT2D eigenvalue weighted by Crippen LogP contribution is 2.21. The van der Waals surface area contributed by atoms with E-state index in [9.17, 15) is 14.0 Å². The summed E-state index contributed by atoms with van der Waals surface area (Å²) >= 11 is 7.63. The van der Waals surface area contributed by atoms with Crippen molar-refractivity contribution in [3.63, 3.8) is 0 Å². The topological polar surface area (TPSA) is 58.6 Å². The van der Waals surface area contributed by atoms with Crippen molar-refractivity contribution in [3.8, 4) is 5.75 Å². The molecule has 0 spiro atoms. The summed E-state index contributed by atoms with van der Waals surface area (Å²) in [7, 11) is 1.56. The van der Waals surface area contributed by atoms with E-state index in [0.29, 0.717) is 17.9 Å². The van der Waals surface area contributed by atoms with E-state index in [2.05, 4.69) is 5.32 Å². The van der Waals surface area contributed by atoms with E-state index in [1.54, 1.807) is 49.1 Å². The van der Waals surface area contributed by atoms with Crippen LogP contribution < -0.4 is 10.1 Å². The summed E-state index contributed by atoms with van der Waals surface area (Å²) in [5, 5.41) is 2.98. The summed E-state index contributed by atoms with van der Waals surface area (Å²) in [5.41, 5.74) is 0.243. The van der Waals surface area contributed by atoms with Gasteiger partial charge in [-0.1, -0.05) is 35.9 Å². The highest BCUT2D eigenvalue weighted by Gasteiger charge is 2.25. The normalized spacial score (nSPS) is 11.6. The maximum Gasteiger partial charge on any atom is 0.258 e. The van der Waals surface area contributed by atoms with Crippen molar-refractivity contribution in [2.75, 3.05) is 25.7 Å². The molecule has 0 heterocycles. The molecule has 0 unspecified atom stereocenters. The number of hydrogen-bond acceptors (Lipinski definition) is 4. The Bertz CT molecular complexity index is 803. The molecule has 0 aliphatic rings. The van der Waals surface area contributed by atoms with Crippen molar-refractivity contribution in [2.45, 2.75) is 19.0 Å². The lowest BCUT2D eigenvalue weighted by Crippen LogP contribution is -2.48. The second-order valence-corrected chi connectivity index (χ2v) is 7.79. The zero-order valence-corrected chi connectivity index (χ0v) is 17.9. The minimum atomic E-state index is -0.732. The van der Waals surface area contributed by atoms with Gasteiger partial charge in [-0.25, -0.2) is 4.39 Å². The molecule has 2 rings (SSSR count). The molecular formula is C21H24ClFN2O3S. The Morgan fingerprint density at radius 3 is 2.59 bits per heavy atom. The number of para-hydroxylation sites is 1. The molecule has 0 aromatic heterocycles. The predicted octanol–water partition coefficient (Wildman–Crippen LogP) is 3.75. The van der Waals surface area contributed by atoms with E-state index in [4.69, 9.17) is 16.3 Å². The number of ether oxygens (including phenoxy) is 1. The van der Waals surface area contributed by atoms with Crippen molar-refractivity contribution in [1.29, 1.82) is 0 Å². The molecule has 0 radical (unpaired) electrons. The molecule has 2 aromatic rings. The largest absolute Gasteiger partial charge is 0.484 e. The summed E-state index contributed by atoms with van der Waals surface area (Å²) in [6.45, 7) is -0.188. The number of benzene rings is 2. The number of hydrogen-bond donors (Lipinski definition) is 1. The lowest BCUT2D eigenvalue weighted by molar-refractivity contribution is -0.136. The van der Waals surface area contributed by atoms with E-state index >= 15 is 0 Å². The van der Waals surface area contributed by atoms with Gasteiger partial charge in [0.15, 0.2) is 6.61 Å². The zero-order valence-electron chi connectivity index (χ0n) is 16.4. The number of nitrogens with one attached hydrogen (secondary N) is 1. The molecule has 0 aliphatic carbocycles. The third kappa shape index (κ3) is 7.25. The first-order valence-electron chi connectivity index (χ1n) is 9.06. The Morgan fingerprint density at radius 1 is 1.21 bits per heavy atom. The molecule has 5 nitrogen and oxygen atoms in total. The van der Waals surface area contributed by atoms with Gasteiger partial charge in [0.25, 0.3) is 5.91 Å². The van der Waals surface area contributed by atoms with Crippen LogP contribution >= 0.6 is 23.4 Å². The number of halogens is 2. The van der Waals surface area contributed by atoms with Gasteiger partial charge >= 0.3 is 0 Å². The van der Waals surface area contributed by atoms with Gasteiger partial charge in [-0.3, -0.25) is 9.59 Å². The Hall–Kier alpha value is -2.25. The van der Waals surface area contributed by atoms with Crippen LogP contribution in [0, 0.1) is 5.82 Å². The Labute approximate surface area is 179 Å². The number of rotatable bonds is 10. The van der Waals surface area contributed by atoms with Crippen LogP contribution in [0.2, 0.25) is 5.02 Å². The van der Waals surface area contributed by atoms with E-state index in [-0.39, 0.29) is 29.6 Å². The number of carbonyl (C=O) groups excluding carboxylic acids is 2. The van der Waals surface area contributed by atoms with Crippen LogP contribution in [0.15, 0.2) is 48.5 Å². The van der Waals surface area contributed by atoms with Crippen molar-refractivity contribution in [3.05, 3.63) is 64.9 Å². The quantitative estimate of drug-likeness (QED) is 0.613. The van der Waals surface area contributed by atoms with Crippen molar-refractivity contribution in [2.24, 2.45) is 0 Å². The molecule has 0 fully saturated rings. The molecule has 29 heavy (non-hydrogen) atoms. The maximum absolute atomic E-state index is 14.0. The standard InChI is InChI=1S/C21H24ClFN2O3S/c1-25(13-16-17(22)9-6-10-18(16)23)21(27)19(11-12-29-2)24-20(26)14-28-15-7-4-3-5-8-15/h3-10,19H,11-14H2,1-2H3,(H,24,26)/t19-/m0/s1. The van der Waals surface area contributed by atoms with Gasteiger partial charge in [-0.2, -0.15) is 11.8 Å². The summed E-state index contributed by atoms with van der Waals surface area (Å²) in [6.07, 6.45) is 2.37. The molecule has 0 bridgehead atoms. The highest BCUT2D eigenvalue weighted by molar-refractivity contribution is 7.98. The monoisotopic (exact) mass is 438 g/mol. The van der Waals surface area contributed by atoms with Crippen LogP contribution in [-0.2, 0) is 16.1 Å². The number of thioether (sulfide) groups is 1. The minimum Gasteiger partial charge on any atom is -0.484 e. The van der Waals surface area contributed by atoms with Gasteiger partial charge in [-0.15, -0.1) is 0 Å². The average Bonchev–Trinajstić information content (AvgIpc) is 2.72. The van der Waals surface area contributed by atoms with Crippen LogP contribution in [-0.4, -0.2) is 48.4 Å². The van der Waals surface area contributed by atoms with Crippen LogP contribution in [0.4, 0.5) is 4.39 Å². The lowest BCUT2D eigenvalue weighted by atomic mass is 10.1. The Balaban J connectivity index is 1.99. The van der Waals surface area contributed by atoms with Gasteiger partial charge in [0.2, 0.25) is 5.91 Å². The lowest BCUT2D eigenvalue weighted by Gasteiger charge is -2.25. The summed E-state index contributed by atoms with van der Waals surface area (Å²) in [5.74, 6) is 0.0703. The maximum atomic E-state index is 14.0. The summed E-state index contributed by atoms with van der Waals surface area (Å²) < 4.78 is 19.5. The third-order valence-electron chi connectivity index (χ3n) is 4.19. The van der Waals surface area contributed by atoms with Crippen LogP contribution in [0.3, 0.4) is 0 Å². The smallest absolute Gasteiger partial charge is 0.258 e. The van der Waals surface area contributed by atoms with Crippen LogP contribution in [0.1, 0.15) is 12.0 Å². The molecule has 2 aromatic carbocycles. The van der Waals surface area contributed by atoms with Crippen LogP contribution in [0.25, 0.3) is 0 Å². The van der Waals surface area contributed by atoms with Crippen LogP contribution in [0.5, 0.6) is 5.75 Å². The first-order valence-corrected chi connectivity index (χ1v) is 10.8. The summed E-state index contributed by atoms with van der Waals surface area (Å²) in [6, 6.07) is 12.6. The van der Waals surface area contributed by atoms with Crippen molar-refractivity contribution in [1.82, 2.24) is 10.2 Å². The Morgan fingerprint density at radius 2 is 1.93 bits per heavy atom. The fraction of sp³-hybridized carbons (Fsp3) is 0.333. The molecule has 0 saturated heterocycles. The highest BCUT2D eigenvalue weighted by atomic mass is 35.5. The first-order chi connectivity index (χ1) is 13.9. The minimum absolute atomic E-state index is 0.0104. The average molecular weight is 439 g/mol.